The lowest BCUT2D eigenvalue weighted by Crippen LogP contribution is -2.31. The first kappa shape index (κ1) is 26.3. The molecule has 2 aromatic carbocycles. The lowest BCUT2D eigenvalue weighted by Gasteiger charge is -2.19. The van der Waals surface area contributed by atoms with Crippen molar-refractivity contribution in [2.75, 3.05) is 34.4 Å². The number of carbonyl (C=O) groups excluding carboxylic acids is 2. The molecule has 1 aliphatic rings. The summed E-state index contributed by atoms with van der Waals surface area (Å²) in [5, 5.41) is 0. The van der Waals surface area contributed by atoms with Gasteiger partial charge in [0.25, 0.3) is 0 Å². The molecule has 1 heterocycles. The minimum atomic E-state index is -0.636. The number of methoxy groups -OCH3 is 2. The van der Waals surface area contributed by atoms with E-state index in [9.17, 15) is 9.59 Å². The van der Waals surface area contributed by atoms with Crippen molar-refractivity contribution in [2.45, 2.75) is 51.5 Å². The fourth-order valence-electron chi connectivity index (χ4n) is 4.10. The summed E-state index contributed by atoms with van der Waals surface area (Å²) in [7, 11) is 4.84. The molecule has 2 amide bonds. The zero-order valence-electron chi connectivity index (χ0n) is 21.2. The molecule has 8 heteroatoms. The van der Waals surface area contributed by atoms with E-state index < -0.39 is 6.10 Å². The monoisotopic (exact) mass is 484 g/mol. The molecule has 0 aliphatic carbocycles. The number of rotatable bonds is 12. The molecule has 35 heavy (non-hydrogen) atoms. The highest BCUT2D eigenvalue weighted by atomic mass is 16.6. The van der Waals surface area contributed by atoms with Gasteiger partial charge in [-0.05, 0) is 49.2 Å². The molecule has 0 aromatic heterocycles. The Morgan fingerprint density at radius 2 is 1.63 bits per heavy atom. The van der Waals surface area contributed by atoms with E-state index in [-0.39, 0.29) is 24.1 Å². The molecule has 190 valence electrons. The lowest BCUT2D eigenvalue weighted by atomic mass is 10.1. The summed E-state index contributed by atoms with van der Waals surface area (Å²) in [4.78, 5) is 28.3. The molecular formula is C27H36N2O6. The predicted molar refractivity (Wildman–Crippen MR) is 133 cm³/mol. The molecule has 0 spiro atoms. The topological polar surface area (TPSA) is 77.5 Å². The Morgan fingerprint density at radius 3 is 2.23 bits per heavy atom. The van der Waals surface area contributed by atoms with Crippen molar-refractivity contribution in [1.82, 2.24) is 9.80 Å². The summed E-state index contributed by atoms with van der Waals surface area (Å²) < 4.78 is 21.7. The average molecular weight is 485 g/mol. The van der Waals surface area contributed by atoms with Crippen LogP contribution in [0.4, 0.5) is 4.79 Å². The maximum atomic E-state index is 12.7. The fraction of sp³-hybridized carbons (Fsp3) is 0.481. The fourth-order valence-corrected chi connectivity index (χ4v) is 4.10. The summed E-state index contributed by atoms with van der Waals surface area (Å²) in [6, 6.07) is 15.5. The normalized spacial score (nSPS) is 16.5. The van der Waals surface area contributed by atoms with Gasteiger partial charge in [-0.1, -0.05) is 24.3 Å². The van der Waals surface area contributed by atoms with Gasteiger partial charge in [-0.25, -0.2) is 9.59 Å². The highest BCUT2D eigenvalue weighted by Gasteiger charge is 2.34. The van der Waals surface area contributed by atoms with Gasteiger partial charge in [0.15, 0.2) is 6.10 Å². The molecule has 2 aromatic rings. The number of carbonyl (C=O) groups is 2. The van der Waals surface area contributed by atoms with E-state index in [4.69, 9.17) is 18.9 Å². The van der Waals surface area contributed by atoms with Crippen LogP contribution in [0, 0.1) is 0 Å². The number of likely N-dealkylation sites (N-methyl/N-ethyl adjacent to an activating group) is 1. The molecular weight excluding hydrogens is 448 g/mol. The van der Waals surface area contributed by atoms with Crippen molar-refractivity contribution in [2.24, 2.45) is 0 Å². The molecule has 3 rings (SSSR count). The van der Waals surface area contributed by atoms with E-state index >= 15 is 0 Å². The van der Waals surface area contributed by atoms with Gasteiger partial charge in [0.2, 0.25) is 0 Å². The first-order valence-corrected chi connectivity index (χ1v) is 11.9. The third-order valence-electron chi connectivity index (χ3n) is 6.05. The van der Waals surface area contributed by atoms with E-state index in [1.54, 1.807) is 12.0 Å². The van der Waals surface area contributed by atoms with Crippen LogP contribution in [0.3, 0.4) is 0 Å². The highest BCUT2D eigenvalue weighted by Crippen LogP contribution is 2.22. The molecule has 0 N–H and O–H groups in total. The highest BCUT2D eigenvalue weighted by molar-refractivity contribution is 5.77. The van der Waals surface area contributed by atoms with Gasteiger partial charge in [-0.2, -0.15) is 0 Å². The molecule has 1 fully saturated rings. The van der Waals surface area contributed by atoms with Crippen LogP contribution in [0.1, 0.15) is 31.4 Å². The summed E-state index contributed by atoms with van der Waals surface area (Å²) in [5.74, 6) is 1.17. The maximum Gasteiger partial charge on any atom is 0.335 e. The van der Waals surface area contributed by atoms with Crippen LogP contribution < -0.4 is 9.47 Å². The molecule has 0 unspecified atom stereocenters. The van der Waals surface area contributed by atoms with Crippen molar-refractivity contribution in [3.8, 4) is 11.5 Å². The van der Waals surface area contributed by atoms with Gasteiger partial charge < -0.3 is 28.7 Å². The maximum absolute atomic E-state index is 12.7. The predicted octanol–water partition coefficient (Wildman–Crippen LogP) is 3.91. The second-order valence-electron chi connectivity index (χ2n) is 8.96. The first-order chi connectivity index (χ1) is 16.8. The Morgan fingerprint density at radius 1 is 1.00 bits per heavy atom. The van der Waals surface area contributed by atoms with Crippen LogP contribution >= 0.6 is 0 Å². The minimum absolute atomic E-state index is 0.0268. The van der Waals surface area contributed by atoms with Gasteiger partial charge >= 0.3 is 12.0 Å². The van der Waals surface area contributed by atoms with E-state index in [0.717, 1.165) is 29.0 Å². The number of esters is 1. The van der Waals surface area contributed by atoms with E-state index in [1.165, 1.54) is 7.11 Å². The Hall–Kier alpha value is -3.26. The Labute approximate surface area is 207 Å². The first-order valence-electron chi connectivity index (χ1n) is 11.9. The standard InChI is InChI=1S/C27H36N2O6/c1-19(2)35-25(26(30)33-5)16-20-6-12-24(13-7-20)34-15-14-22-18-29(27(31)28(22)3)17-21-8-10-23(32-4)11-9-21/h6-13,19,22,25H,14-18H2,1-5H3/t22-,25-/m0/s1. The number of benzene rings is 2. The van der Waals surface area contributed by atoms with Crippen LogP contribution in [0.2, 0.25) is 0 Å². The van der Waals surface area contributed by atoms with Crippen molar-refractivity contribution >= 4 is 12.0 Å². The van der Waals surface area contributed by atoms with Gasteiger partial charge in [0, 0.05) is 33.0 Å². The third-order valence-corrected chi connectivity index (χ3v) is 6.05. The Kier molecular flexibility index (Phi) is 9.37. The van der Waals surface area contributed by atoms with Crippen molar-refractivity contribution in [3.05, 3.63) is 59.7 Å². The summed E-state index contributed by atoms with van der Waals surface area (Å²) in [5.41, 5.74) is 2.03. The van der Waals surface area contributed by atoms with Crippen LogP contribution in [-0.4, -0.2) is 74.5 Å². The number of hydrogen-bond donors (Lipinski definition) is 0. The second-order valence-corrected chi connectivity index (χ2v) is 8.96. The van der Waals surface area contributed by atoms with Gasteiger partial charge in [0.1, 0.15) is 11.5 Å². The van der Waals surface area contributed by atoms with Gasteiger partial charge in [0.05, 0.1) is 33.0 Å². The SMILES string of the molecule is COC(=O)[C@H](Cc1ccc(OCC[C@H]2CN(Cc3ccc(OC)cc3)C(=O)N2C)cc1)OC(C)C. The molecule has 8 nitrogen and oxygen atoms in total. The third kappa shape index (κ3) is 7.36. The van der Waals surface area contributed by atoms with Crippen LogP contribution in [0.25, 0.3) is 0 Å². The average Bonchev–Trinajstić information content (AvgIpc) is 3.12. The smallest absolute Gasteiger partial charge is 0.335 e. The van der Waals surface area contributed by atoms with E-state index in [0.29, 0.717) is 26.1 Å². The summed E-state index contributed by atoms with van der Waals surface area (Å²) in [6.07, 6.45) is 0.456. The van der Waals surface area contributed by atoms with Crippen molar-refractivity contribution in [1.29, 1.82) is 0 Å². The number of hydrogen-bond acceptors (Lipinski definition) is 6. The lowest BCUT2D eigenvalue weighted by molar-refractivity contribution is -0.156. The Balaban J connectivity index is 1.47. The van der Waals surface area contributed by atoms with Gasteiger partial charge in [-0.3, -0.25) is 0 Å². The molecule has 0 bridgehead atoms. The summed E-state index contributed by atoms with van der Waals surface area (Å²) >= 11 is 0. The number of nitrogens with zero attached hydrogens (tertiary/aromatic N) is 2. The molecule has 0 radical (unpaired) electrons. The van der Waals surface area contributed by atoms with Crippen molar-refractivity contribution in [3.63, 3.8) is 0 Å². The van der Waals surface area contributed by atoms with Crippen LogP contribution in [-0.2, 0) is 27.2 Å². The summed E-state index contributed by atoms with van der Waals surface area (Å²) in [6.45, 7) is 5.51. The second kappa shape index (κ2) is 12.4. The van der Waals surface area contributed by atoms with E-state index in [1.807, 2.05) is 74.3 Å². The van der Waals surface area contributed by atoms with E-state index in [2.05, 4.69) is 0 Å². The van der Waals surface area contributed by atoms with Crippen LogP contribution in [0.15, 0.2) is 48.5 Å². The number of ether oxygens (including phenoxy) is 4. The molecule has 1 aliphatic heterocycles. The molecule has 0 saturated carbocycles. The van der Waals surface area contributed by atoms with Crippen molar-refractivity contribution < 1.29 is 28.5 Å². The zero-order chi connectivity index (χ0) is 25.4. The Bertz CT molecular complexity index is 961. The minimum Gasteiger partial charge on any atom is -0.497 e. The molecule has 1 saturated heterocycles. The number of urea groups is 1. The largest absolute Gasteiger partial charge is 0.497 e. The number of amides is 2. The van der Waals surface area contributed by atoms with Crippen LogP contribution in [0.5, 0.6) is 11.5 Å². The quantitative estimate of drug-likeness (QED) is 0.425. The zero-order valence-corrected chi connectivity index (χ0v) is 21.2. The molecule has 2 atom stereocenters. The van der Waals surface area contributed by atoms with Gasteiger partial charge in [-0.15, -0.1) is 0 Å².